The molecule has 0 heterocycles. The van der Waals surface area contributed by atoms with Gasteiger partial charge in [-0.1, -0.05) is 38.2 Å². The first-order valence-electron chi connectivity index (χ1n) is 8.35. The van der Waals surface area contributed by atoms with Crippen LogP contribution in [0.4, 0.5) is 10.1 Å². The van der Waals surface area contributed by atoms with Crippen molar-refractivity contribution in [3.8, 4) is 0 Å². The lowest BCUT2D eigenvalue weighted by molar-refractivity contribution is -0.136. The van der Waals surface area contributed by atoms with E-state index in [1.54, 1.807) is 6.07 Å². The number of hydrogen-bond donors (Lipinski definition) is 2. The van der Waals surface area contributed by atoms with Crippen molar-refractivity contribution in [3.05, 3.63) is 29.6 Å². The van der Waals surface area contributed by atoms with Gasteiger partial charge in [-0.05, 0) is 36.0 Å². The topological polar surface area (TPSA) is 66.4 Å². The van der Waals surface area contributed by atoms with Crippen molar-refractivity contribution in [3.63, 3.8) is 0 Å². The second-order valence-corrected chi connectivity index (χ2v) is 6.77. The molecule has 1 aromatic carbocycles. The van der Waals surface area contributed by atoms with E-state index in [1.165, 1.54) is 44.2 Å². The summed E-state index contributed by atoms with van der Waals surface area (Å²) in [7, 11) is 0. The molecule has 2 aliphatic rings. The minimum Gasteiger partial charge on any atom is -0.481 e. The molecular weight excluding hydrogens is 297 g/mol. The Labute approximate surface area is 135 Å². The number of rotatable bonds is 5. The average molecular weight is 319 g/mol. The first-order valence-corrected chi connectivity index (χ1v) is 8.35. The van der Waals surface area contributed by atoms with Crippen LogP contribution in [0.15, 0.2) is 18.2 Å². The van der Waals surface area contributed by atoms with Crippen LogP contribution in [0.2, 0.25) is 0 Å². The van der Waals surface area contributed by atoms with E-state index < -0.39 is 11.8 Å². The zero-order valence-corrected chi connectivity index (χ0v) is 13.1. The van der Waals surface area contributed by atoms with Gasteiger partial charge in [0.2, 0.25) is 5.91 Å². The van der Waals surface area contributed by atoms with Gasteiger partial charge in [-0.3, -0.25) is 9.59 Å². The predicted octanol–water partition coefficient (Wildman–Crippen LogP) is 3.61. The summed E-state index contributed by atoms with van der Waals surface area (Å²) < 4.78 is 13.8. The lowest BCUT2D eigenvalue weighted by atomic mass is 9.85. The molecule has 2 fully saturated rings. The van der Waals surface area contributed by atoms with E-state index in [-0.39, 0.29) is 23.8 Å². The van der Waals surface area contributed by atoms with Gasteiger partial charge in [-0.25, -0.2) is 4.39 Å². The average Bonchev–Trinajstić information content (AvgIpc) is 3.31. The Bertz CT molecular complexity index is 610. The third-order valence-electron chi connectivity index (χ3n) is 5.09. The van der Waals surface area contributed by atoms with Crippen LogP contribution in [0.3, 0.4) is 0 Å². The number of hydrogen-bond acceptors (Lipinski definition) is 2. The number of carboxylic acids is 1. The highest BCUT2D eigenvalue weighted by molar-refractivity contribution is 5.94. The summed E-state index contributed by atoms with van der Waals surface area (Å²) in [6.07, 6.45) is 6.89. The van der Waals surface area contributed by atoms with Crippen molar-refractivity contribution in [2.75, 3.05) is 5.32 Å². The summed E-state index contributed by atoms with van der Waals surface area (Å²) in [5, 5.41) is 11.5. The molecule has 2 saturated carbocycles. The van der Waals surface area contributed by atoms with Gasteiger partial charge < -0.3 is 10.4 Å². The highest BCUT2D eigenvalue weighted by atomic mass is 19.1. The fourth-order valence-corrected chi connectivity index (χ4v) is 3.77. The number of carboxylic acid groups (broad SMARTS) is 1. The number of halogens is 1. The number of amides is 1. The molecule has 0 aromatic heterocycles. The molecule has 0 spiro atoms. The first kappa shape index (κ1) is 16.0. The molecule has 2 N–H and O–H groups in total. The molecule has 2 atom stereocenters. The summed E-state index contributed by atoms with van der Waals surface area (Å²) in [6.45, 7) is 0. The molecule has 2 aliphatic carbocycles. The Kier molecular flexibility index (Phi) is 4.64. The highest BCUT2D eigenvalue weighted by Gasteiger charge is 2.47. The van der Waals surface area contributed by atoms with Gasteiger partial charge in [-0.15, -0.1) is 0 Å². The van der Waals surface area contributed by atoms with Crippen molar-refractivity contribution in [1.82, 2.24) is 0 Å². The summed E-state index contributed by atoms with van der Waals surface area (Å²) in [6, 6.07) is 4.19. The highest BCUT2D eigenvalue weighted by Crippen LogP contribution is 2.49. The van der Waals surface area contributed by atoms with Crippen molar-refractivity contribution < 1.29 is 19.1 Å². The molecule has 1 aromatic rings. The van der Waals surface area contributed by atoms with Crippen LogP contribution in [0, 0.1) is 23.6 Å². The van der Waals surface area contributed by atoms with Gasteiger partial charge in [0, 0.05) is 11.6 Å². The Hall–Kier alpha value is -1.91. The monoisotopic (exact) mass is 319 g/mol. The Balaban J connectivity index is 1.56. The summed E-state index contributed by atoms with van der Waals surface area (Å²) in [5.74, 6) is -0.481. The lowest BCUT2D eigenvalue weighted by Gasteiger charge is -2.21. The second kappa shape index (κ2) is 6.69. The fourth-order valence-electron chi connectivity index (χ4n) is 3.77. The summed E-state index contributed by atoms with van der Waals surface area (Å²) in [4.78, 5) is 22.9. The third-order valence-corrected chi connectivity index (χ3v) is 5.09. The zero-order chi connectivity index (χ0) is 16.4. The normalized spacial score (nSPS) is 24.2. The van der Waals surface area contributed by atoms with Crippen LogP contribution in [-0.2, 0) is 16.0 Å². The summed E-state index contributed by atoms with van der Waals surface area (Å²) in [5.41, 5.74) is 0.526. The molecule has 4 nitrogen and oxygen atoms in total. The van der Waals surface area contributed by atoms with Crippen LogP contribution in [0.1, 0.15) is 44.1 Å². The molecule has 3 rings (SSSR count). The van der Waals surface area contributed by atoms with Crippen LogP contribution in [0.5, 0.6) is 0 Å². The van der Waals surface area contributed by atoms with Crippen molar-refractivity contribution in [1.29, 1.82) is 0 Å². The zero-order valence-electron chi connectivity index (χ0n) is 13.1. The quantitative estimate of drug-likeness (QED) is 0.871. The molecule has 0 bridgehead atoms. The molecule has 0 radical (unpaired) electrons. The Morgan fingerprint density at radius 1 is 1.22 bits per heavy atom. The standard InChI is InChI=1S/C18H22FNO3/c19-16-9-13(7-6-12(16)8-17(21)22)20-18(23)15-10-14(15)11-4-2-1-3-5-11/h6-7,9,11,14-15H,1-5,8,10H2,(H,20,23)(H,21,22). The van der Waals surface area contributed by atoms with E-state index in [0.717, 1.165) is 6.42 Å². The van der Waals surface area contributed by atoms with Crippen molar-refractivity contribution in [2.45, 2.75) is 44.9 Å². The van der Waals surface area contributed by atoms with E-state index in [2.05, 4.69) is 5.32 Å². The van der Waals surface area contributed by atoms with Crippen LogP contribution < -0.4 is 5.32 Å². The number of carbonyl (C=O) groups excluding carboxylic acids is 1. The maximum Gasteiger partial charge on any atom is 0.307 e. The molecule has 0 saturated heterocycles. The van der Waals surface area contributed by atoms with Crippen LogP contribution in [0.25, 0.3) is 0 Å². The van der Waals surface area contributed by atoms with E-state index in [4.69, 9.17) is 5.11 Å². The molecule has 124 valence electrons. The Morgan fingerprint density at radius 3 is 2.61 bits per heavy atom. The minimum atomic E-state index is -1.08. The molecule has 1 amide bonds. The van der Waals surface area contributed by atoms with Crippen LogP contribution in [-0.4, -0.2) is 17.0 Å². The van der Waals surface area contributed by atoms with Gasteiger partial charge >= 0.3 is 5.97 Å². The fraction of sp³-hybridized carbons (Fsp3) is 0.556. The van der Waals surface area contributed by atoms with E-state index in [0.29, 0.717) is 17.5 Å². The lowest BCUT2D eigenvalue weighted by Crippen LogP contribution is -2.18. The molecule has 2 unspecified atom stereocenters. The van der Waals surface area contributed by atoms with E-state index in [1.807, 2.05) is 0 Å². The first-order chi connectivity index (χ1) is 11.0. The van der Waals surface area contributed by atoms with Gasteiger partial charge in [-0.2, -0.15) is 0 Å². The van der Waals surface area contributed by atoms with Gasteiger partial charge in [0.05, 0.1) is 6.42 Å². The largest absolute Gasteiger partial charge is 0.481 e. The maximum atomic E-state index is 13.8. The van der Waals surface area contributed by atoms with Gasteiger partial charge in [0.25, 0.3) is 0 Å². The number of anilines is 1. The second-order valence-electron chi connectivity index (χ2n) is 6.77. The maximum absolute atomic E-state index is 13.8. The van der Waals surface area contributed by atoms with E-state index in [9.17, 15) is 14.0 Å². The van der Waals surface area contributed by atoms with Crippen molar-refractivity contribution >= 4 is 17.6 Å². The minimum absolute atomic E-state index is 0.0361. The smallest absolute Gasteiger partial charge is 0.307 e. The molecule has 0 aliphatic heterocycles. The molecule has 5 heteroatoms. The third kappa shape index (κ3) is 3.89. The number of benzene rings is 1. The van der Waals surface area contributed by atoms with Crippen molar-refractivity contribution in [2.24, 2.45) is 17.8 Å². The molecular formula is C18H22FNO3. The Morgan fingerprint density at radius 2 is 1.96 bits per heavy atom. The van der Waals surface area contributed by atoms with Gasteiger partial charge in [0.1, 0.15) is 5.82 Å². The van der Waals surface area contributed by atoms with E-state index >= 15 is 0 Å². The predicted molar refractivity (Wildman–Crippen MR) is 84.5 cm³/mol. The van der Waals surface area contributed by atoms with Gasteiger partial charge in [0.15, 0.2) is 0 Å². The number of carbonyl (C=O) groups is 2. The summed E-state index contributed by atoms with van der Waals surface area (Å²) >= 11 is 0. The number of aliphatic carboxylic acids is 1. The van der Waals surface area contributed by atoms with Crippen LogP contribution >= 0.6 is 0 Å². The number of nitrogens with one attached hydrogen (secondary N) is 1. The SMILES string of the molecule is O=C(O)Cc1ccc(NC(=O)C2CC2C2CCCCC2)cc1F. The molecule has 23 heavy (non-hydrogen) atoms.